The van der Waals surface area contributed by atoms with Gasteiger partial charge in [0.2, 0.25) is 0 Å². The van der Waals surface area contributed by atoms with Crippen LogP contribution in [0.2, 0.25) is 5.02 Å². The first-order valence-electron chi connectivity index (χ1n) is 7.83. The van der Waals surface area contributed by atoms with E-state index in [-0.39, 0.29) is 11.3 Å². The first kappa shape index (κ1) is 14.5. The number of fused-ring (bicyclic) bond motifs is 2. The van der Waals surface area contributed by atoms with Crippen LogP contribution in [0.5, 0.6) is 0 Å². The molecule has 2 N–H and O–H groups in total. The summed E-state index contributed by atoms with van der Waals surface area (Å²) in [6.45, 7) is 4.11. The molecule has 1 aromatic carbocycles. The van der Waals surface area contributed by atoms with Gasteiger partial charge in [0, 0.05) is 28.1 Å². The molecule has 1 aliphatic carbocycles. The lowest BCUT2D eigenvalue weighted by atomic mass is 9.83. The van der Waals surface area contributed by atoms with Crippen molar-refractivity contribution < 1.29 is 4.79 Å². The molecule has 0 unspecified atom stereocenters. The van der Waals surface area contributed by atoms with Gasteiger partial charge in [0.1, 0.15) is 5.82 Å². The van der Waals surface area contributed by atoms with Gasteiger partial charge in [0.15, 0.2) is 5.78 Å². The van der Waals surface area contributed by atoms with Crippen molar-refractivity contribution in [2.24, 2.45) is 0 Å². The van der Waals surface area contributed by atoms with E-state index >= 15 is 0 Å². The Morgan fingerprint density at radius 2 is 2.09 bits per heavy atom. The van der Waals surface area contributed by atoms with Crippen LogP contribution in [0.3, 0.4) is 0 Å². The van der Waals surface area contributed by atoms with Gasteiger partial charge in [-0.05, 0) is 38.8 Å². The average Bonchev–Trinajstić information content (AvgIpc) is 2.90. The van der Waals surface area contributed by atoms with Crippen LogP contribution in [0.4, 0.5) is 0 Å². The minimum Gasteiger partial charge on any atom is -0.378 e. The number of halogens is 1. The van der Waals surface area contributed by atoms with Gasteiger partial charge in [-0.2, -0.15) is 0 Å². The largest absolute Gasteiger partial charge is 0.378 e. The van der Waals surface area contributed by atoms with Crippen molar-refractivity contribution >= 4 is 23.1 Å². The highest BCUT2D eigenvalue weighted by Crippen LogP contribution is 2.36. The van der Waals surface area contributed by atoms with Crippen molar-refractivity contribution in [3.63, 3.8) is 0 Å². The number of carbonyl (C=O) groups excluding carboxylic acids is 1. The van der Waals surface area contributed by atoms with Crippen LogP contribution in [-0.2, 0) is 11.2 Å². The minimum atomic E-state index is -0.230. The Balaban J connectivity index is 1.82. The third-order valence-electron chi connectivity index (χ3n) is 4.44. The number of aryl methyl sites for hydroxylation is 1. The summed E-state index contributed by atoms with van der Waals surface area (Å²) in [5.74, 6) is 1.04. The number of ketones is 1. The highest BCUT2D eigenvalue weighted by atomic mass is 35.5. The highest BCUT2D eigenvalue weighted by Gasteiger charge is 2.36. The molecule has 0 amide bonds. The van der Waals surface area contributed by atoms with E-state index in [1.54, 1.807) is 0 Å². The van der Waals surface area contributed by atoms with Crippen LogP contribution in [0, 0.1) is 0 Å². The number of H-pyrrole nitrogens is 1. The van der Waals surface area contributed by atoms with Crippen LogP contribution < -0.4 is 5.32 Å². The summed E-state index contributed by atoms with van der Waals surface area (Å²) in [5, 5.41) is 4.20. The van der Waals surface area contributed by atoms with Gasteiger partial charge in [-0.3, -0.25) is 4.79 Å². The number of benzene rings is 1. The third kappa shape index (κ3) is 2.47. The summed E-state index contributed by atoms with van der Waals surface area (Å²) >= 11 is 6.08. The zero-order chi connectivity index (χ0) is 16.2. The molecule has 0 atom stereocenters. The van der Waals surface area contributed by atoms with Gasteiger partial charge in [-0.25, -0.2) is 4.98 Å². The van der Waals surface area contributed by atoms with E-state index in [1.165, 1.54) is 0 Å². The second-order valence-corrected chi connectivity index (χ2v) is 7.32. The molecule has 2 aliphatic rings. The molecule has 0 bridgehead atoms. The van der Waals surface area contributed by atoms with Gasteiger partial charge < -0.3 is 10.3 Å². The fourth-order valence-corrected chi connectivity index (χ4v) is 3.59. The number of nitrogens with one attached hydrogen (secondary N) is 2. The number of aromatic amines is 1. The van der Waals surface area contributed by atoms with Gasteiger partial charge >= 0.3 is 0 Å². The van der Waals surface area contributed by atoms with Crippen LogP contribution >= 0.6 is 11.6 Å². The molecule has 4 rings (SSSR count). The molecule has 0 spiro atoms. The number of hydrogen-bond donors (Lipinski definition) is 2. The SMILES string of the molecule is CC1(C)CC(=O)C2=C(N1)c1[nH]c(-c3cccc(Cl)c3)nc1CC2. The Hall–Kier alpha value is -2.07. The van der Waals surface area contributed by atoms with Crippen LogP contribution in [0.25, 0.3) is 17.1 Å². The topological polar surface area (TPSA) is 57.8 Å². The number of nitrogens with zero attached hydrogens (tertiary/aromatic N) is 1. The molecule has 0 saturated heterocycles. The zero-order valence-electron chi connectivity index (χ0n) is 13.2. The molecular formula is C18H18ClN3O. The molecule has 0 radical (unpaired) electrons. The summed E-state index contributed by atoms with van der Waals surface area (Å²) in [7, 11) is 0. The summed E-state index contributed by atoms with van der Waals surface area (Å²) in [6.07, 6.45) is 2.08. The molecule has 1 aliphatic heterocycles. The fourth-order valence-electron chi connectivity index (χ4n) is 3.40. The van der Waals surface area contributed by atoms with E-state index in [1.807, 2.05) is 24.3 Å². The van der Waals surface area contributed by atoms with E-state index < -0.39 is 0 Å². The smallest absolute Gasteiger partial charge is 0.163 e. The molecule has 118 valence electrons. The monoisotopic (exact) mass is 327 g/mol. The summed E-state index contributed by atoms with van der Waals surface area (Å²) in [5.41, 5.74) is 4.51. The first-order valence-corrected chi connectivity index (χ1v) is 8.20. The molecule has 2 heterocycles. The Morgan fingerprint density at radius 3 is 2.87 bits per heavy atom. The van der Waals surface area contributed by atoms with E-state index in [2.05, 4.69) is 24.1 Å². The van der Waals surface area contributed by atoms with E-state index in [9.17, 15) is 4.79 Å². The second-order valence-electron chi connectivity index (χ2n) is 6.88. The van der Waals surface area contributed by atoms with Gasteiger partial charge in [0.25, 0.3) is 0 Å². The van der Waals surface area contributed by atoms with E-state index in [0.717, 1.165) is 46.9 Å². The standard InChI is InChI=1S/C18H18ClN3O/c1-18(2)9-14(23)12-6-7-13-16(15(12)22-18)21-17(20-13)10-4-3-5-11(19)8-10/h3-5,8,22H,6-7,9H2,1-2H3,(H,20,21). The number of allylic oxidation sites excluding steroid dienone is 1. The number of Topliss-reactive ketones (excluding diaryl/α,β-unsaturated/α-hetero) is 1. The maximum Gasteiger partial charge on any atom is 0.163 e. The third-order valence-corrected chi connectivity index (χ3v) is 4.68. The quantitative estimate of drug-likeness (QED) is 0.839. The van der Waals surface area contributed by atoms with Crippen molar-refractivity contribution in [1.82, 2.24) is 15.3 Å². The molecule has 0 saturated carbocycles. The number of aromatic nitrogens is 2. The first-order chi connectivity index (χ1) is 10.9. The zero-order valence-corrected chi connectivity index (χ0v) is 13.9. The van der Waals surface area contributed by atoms with Crippen LogP contribution in [-0.4, -0.2) is 21.3 Å². The molecule has 2 aromatic rings. The van der Waals surface area contributed by atoms with Gasteiger partial charge in [-0.1, -0.05) is 23.7 Å². The summed E-state index contributed by atoms with van der Waals surface area (Å²) in [6, 6.07) is 7.63. The number of carbonyl (C=O) groups is 1. The van der Waals surface area contributed by atoms with Crippen molar-refractivity contribution in [3.8, 4) is 11.4 Å². The summed E-state index contributed by atoms with van der Waals surface area (Å²) < 4.78 is 0. The fraction of sp³-hybridized carbons (Fsp3) is 0.333. The van der Waals surface area contributed by atoms with Crippen molar-refractivity contribution in [3.05, 3.63) is 46.2 Å². The van der Waals surface area contributed by atoms with Crippen LogP contribution in [0.15, 0.2) is 29.8 Å². The van der Waals surface area contributed by atoms with E-state index in [0.29, 0.717) is 11.4 Å². The Kier molecular flexibility index (Phi) is 3.13. The molecule has 23 heavy (non-hydrogen) atoms. The Bertz CT molecular complexity index is 848. The molecule has 5 heteroatoms. The number of hydrogen-bond acceptors (Lipinski definition) is 3. The van der Waals surface area contributed by atoms with Crippen LogP contribution in [0.1, 0.15) is 38.1 Å². The predicted molar refractivity (Wildman–Crippen MR) is 91.1 cm³/mol. The predicted octanol–water partition coefficient (Wildman–Crippen LogP) is 3.73. The minimum absolute atomic E-state index is 0.230. The van der Waals surface area contributed by atoms with Gasteiger partial charge in [0.05, 0.1) is 17.1 Å². The molecule has 4 nitrogen and oxygen atoms in total. The lowest BCUT2D eigenvalue weighted by Crippen LogP contribution is -2.45. The summed E-state index contributed by atoms with van der Waals surface area (Å²) in [4.78, 5) is 20.5. The maximum absolute atomic E-state index is 12.4. The normalized spacial score (nSPS) is 19.2. The number of imidazole rings is 1. The molecular weight excluding hydrogens is 310 g/mol. The van der Waals surface area contributed by atoms with Gasteiger partial charge in [-0.15, -0.1) is 0 Å². The highest BCUT2D eigenvalue weighted by molar-refractivity contribution is 6.30. The van der Waals surface area contributed by atoms with E-state index in [4.69, 9.17) is 16.6 Å². The van der Waals surface area contributed by atoms with Crippen molar-refractivity contribution in [2.75, 3.05) is 0 Å². The second kappa shape index (κ2) is 4.96. The molecule has 0 fully saturated rings. The van der Waals surface area contributed by atoms with Crippen molar-refractivity contribution in [1.29, 1.82) is 0 Å². The Labute approximate surface area is 140 Å². The average molecular weight is 328 g/mol. The Morgan fingerprint density at radius 1 is 1.26 bits per heavy atom. The lowest BCUT2D eigenvalue weighted by Gasteiger charge is -2.36. The number of rotatable bonds is 1. The lowest BCUT2D eigenvalue weighted by molar-refractivity contribution is -0.117. The molecule has 1 aromatic heterocycles. The van der Waals surface area contributed by atoms with Crippen molar-refractivity contribution in [2.45, 2.75) is 38.6 Å². The maximum atomic E-state index is 12.4.